The Morgan fingerprint density at radius 1 is 0.939 bits per heavy atom. The Morgan fingerprint density at radius 3 is 2.29 bits per heavy atom. The number of carbonyl (C=O) groups excluding carboxylic acids is 1. The molecule has 2 heterocycles. The van der Waals surface area contributed by atoms with Gasteiger partial charge in [0.15, 0.2) is 11.6 Å². The molecule has 0 radical (unpaired) electrons. The smallest absolute Gasteiger partial charge is 0.420 e. The minimum atomic E-state index is -0.566. The van der Waals surface area contributed by atoms with Crippen molar-refractivity contribution in [1.29, 1.82) is 0 Å². The Balaban J connectivity index is 1.26. The van der Waals surface area contributed by atoms with Crippen LogP contribution in [0.15, 0.2) is 66.9 Å². The Hall–Kier alpha value is -4.74. The van der Waals surface area contributed by atoms with Crippen LogP contribution in [-0.2, 0) is 6.42 Å². The molecule has 49 heavy (non-hydrogen) atoms. The van der Waals surface area contributed by atoms with Crippen LogP contribution in [0, 0.1) is 26.6 Å². The van der Waals surface area contributed by atoms with Crippen molar-refractivity contribution in [1.82, 2.24) is 19.8 Å². The second-order valence-electron chi connectivity index (χ2n) is 12.4. The molecule has 1 N–H and O–H groups in total. The number of carbonyl (C=O) groups is 1. The molecule has 10 nitrogen and oxygen atoms in total. The fourth-order valence-corrected chi connectivity index (χ4v) is 6.02. The van der Waals surface area contributed by atoms with E-state index < -0.39 is 11.9 Å². The molecular formula is C38H47FN6O4. The summed E-state index contributed by atoms with van der Waals surface area (Å²) < 4.78 is 32.1. The number of aromatic nitrogens is 2. The van der Waals surface area contributed by atoms with Gasteiger partial charge in [-0.25, -0.2) is 14.2 Å². The van der Waals surface area contributed by atoms with E-state index in [0.717, 1.165) is 73.7 Å². The van der Waals surface area contributed by atoms with Gasteiger partial charge in [0.1, 0.15) is 23.9 Å². The van der Waals surface area contributed by atoms with Gasteiger partial charge in [-0.3, -0.25) is 9.80 Å². The molecule has 3 aromatic carbocycles. The first-order valence-corrected chi connectivity index (χ1v) is 16.9. The van der Waals surface area contributed by atoms with E-state index in [1.807, 2.05) is 57.2 Å². The van der Waals surface area contributed by atoms with Crippen molar-refractivity contribution in [3.05, 3.63) is 94.9 Å². The van der Waals surface area contributed by atoms with E-state index in [9.17, 15) is 4.79 Å². The van der Waals surface area contributed by atoms with Crippen LogP contribution < -0.4 is 24.4 Å². The first-order chi connectivity index (χ1) is 23.7. The van der Waals surface area contributed by atoms with Crippen LogP contribution in [0.4, 0.5) is 26.6 Å². The zero-order valence-corrected chi connectivity index (χ0v) is 29.2. The molecule has 1 fully saturated rings. The summed E-state index contributed by atoms with van der Waals surface area (Å²) in [6.45, 7) is 14.7. The molecule has 0 saturated carbocycles. The van der Waals surface area contributed by atoms with Crippen LogP contribution in [0.5, 0.6) is 17.2 Å². The number of hydrogen-bond acceptors (Lipinski definition) is 9. The standard InChI is InChI=1S/C38H47FN6O4/c1-6-16-43-18-20-44(21-19-43)22-23-48-34-12-9-31(26-33(34)39)41-37-40-15-13-35(42-37)45(17-14-30-7-10-32(47-5)11-8-30)38(46)49-36-28(3)24-27(2)25-29(36)4/h7-13,15,24-26H,6,14,16-23H2,1-5H3,(H,40,41,42). The molecule has 0 unspecified atom stereocenters. The molecule has 0 spiro atoms. The van der Waals surface area contributed by atoms with Crippen LogP contribution in [0.25, 0.3) is 0 Å². The number of piperazine rings is 1. The van der Waals surface area contributed by atoms with Crippen LogP contribution in [0.1, 0.15) is 35.6 Å². The molecule has 11 heteroatoms. The number of nitrogens with one attached hydrogen (secondary N) is 1. The fourth-order valence-electron chi connectivity index (χ4n) is 6.02. The van der Waals surface area contributed by atoms with E-state index >= 15 is 4.39 Å². The third kappa shape index (κ3) is 9.90. The molecule has 0 aliphatic carbocycles. The summed E-state index contributed by atoms with van der Waals surface area (Å²) in [6.07, 6.45) is 2.69. The lowest BCUT2D eigenvalue weighted by Crippen LogP contribution is -2.47. The quantitative estimate of drug-likeness (QED) is 0.153. The molecular weight excluding hydrogens is 623 g/mol. The lowest BCUT2D eigenvalue weighted by molar-refractivity contribution is 0.116. The second kappa shape index (κ2) is 17.1. The van der Waals surface area contributed by atoms with Crippen LogP contribution in [0.3, 0.4) is 0 Å². The molecule has 1 aromatic heterocycles. The topological polar surface area (TPSA) is 92.3 Å². The molecule has 1 saturated heterocycles. The van der Waals surface area contributed by atoms with Gasteiger partial charge < -0.3 is 24.4 Å². The Bertz CT molecular complexity index is 1670. The van der Waals surface area contributed by atoms with Gasteiger partial charge in [-0.15, -0.1) is 0 Å². The molecule has 1 amide bonds. The maximum absolute atomic E-state index is 15.1. The fraction of sp³-hybridized carbons (Fsp3) is 0.395. The van der Waals surface area contributed by atoms with Gasteiger partial charge in [-0.1, -0.05) is 36.8 Å². The molecule has 5 rings (SSSR count). The maximum Gasteiger partial charge on any atom is 0.420 e. The predicted octanol–water partition coefficient (Wildman–Crippen LogP) is 6.95. The van der Waals surface area contributed by atoms with E-state index in [-0.39, 0.29) is 11.7 Å². The number of anilines is 3. The van der Waals surface area contributed by atoms with E-state index in [1.165, 1.54) is 11.0 Å². The van der Waals surface area contributed by atoms with Crippen molar-refractivity contribution in [2.45, 2.75) is 40.5 Å². The van der Waals surface area contributed by atoms with Gasteiger partial charge in [-0.2, -0.15) is 4.98 Å². The molecule has 0 bridgehead atoms. The van der Waals surface area contributed by atoms with E-state index in [0.29, 0.717) is 36.8 Å². The zero-order chi connectivity index (χ0) is 34.8. The minimum absolute atomic E-state index is 0.194. The number of hydrogen-bond donors (Lipinski definition) is 1. The maximum atomic E-state index is 15.1. The van der Waals surface area contributed by atoms with Crippen molar-refractivity contribution in [3.8, 4) is 17.2 Å². The molecule has 0 atom stereocenters. The van der Waals surface area contributed by atoms with Gasteiger partial charge in [-0.05, 0) is 87.2 Å². The number of rotatable bonds is 14. The Morgan fingerprint density at radius 2 is 1.63 bits per heavy atom. The highest BCUT2D eigenvalue weighted by Crippen LogP contribution is 2.27. The van der Waals surface area contributed by atoms with Crippen LogP contribution in [0.2, 0.25) is 0 Å². The van der Waals surface area contributed by atoms with E-state index in [2.05, 4.69) is 32.0 Å². The number of benzene rings is 3. The zero-order valence-electron chi connectivity index (χ0n) is 29.2. The lowest BCUT2D eigenvalue weighted by Gasteiger charge is -2.34. The number of methoxy groups -OCH3 is 1. The highest BCUT2D eigenvalue weighted by molar-refractivity contribution is 5.88. The second-order valence-corrected chi connectivity index (χ2v) is 12.4. The average molecular weight is 671 g/mol. The summed E-state index contributed by atoms with van der Waals surface area (Å²) in [7, 11) is 1.62. The third-order valence-corrected chi connectivity index (χ3v) is 8.57. The van der Waals surface area contributed by atoms with E-state index in [1.54, 1.807) is 31.5 Å². The van der Waals surface area contributed by atoms with Gasteiger partial charge in [0.05, 0.1) is 7.11 Å². The molecule has 1 aliphatic rings. The summed E-state index contributed by atoms with van der Waals surface area (Å²) in [5, 5.41) is 3.07. The number of ether oxygens (including phenoxy) is 3. The number of halogens is 1. The summed E-state index contributed by atoms with van der Waals surface area (Å²) in [4.78, 5) is 29.0. The van der Waals surface area contributed by atoms with Crippen molar-refractivity contribution >= 4 is 23.5 Å². The van der Waals surface area contributed by atoms with Crippen LogP contribution in [-0.4, -0.2) is 85.4 Å². The SMILES string of the molecule is CCCN1CCN(CCOc2ccc(Nc3nccc(N(CCc4ccc(OC)cc4)C(=O)Oc4c(C)cc(C)cc4C)n3)cc2F)CC1. The van der Waals surface area contributed by atoms with Crippen molar-refractivity contribution in [2.75, 3.05) is 69.7 Å². The van der Waals surface area contributed by atoms with Crippen molar-refractivity contribution in [3.63, 3.8) is 0 Å². The molecule has 1 aliphatic heterocycles. The number of nitrogens with zero attached hydrogens (tertiary/aromatic N) is 5. The van der Waals surface area contributed by atoms with Gasteiger partial charge in [0, 0.05) is 57.2 Å². The summed E-state index contributed by atoms with van der Waals surface area (Å²) in [5.41, 5.74) is 4.29. The highest BCUT2D eigenvalue weighted by atomic mass is 19.1. The first kappa shape index (κ1) is 35.6. The summed E-state index contributed by atoms with van der Waals surface area (Å²) in [5.74, 6) is 1.53. The molecule has 260 valence electrons. The first-order valence-electron chi connectivity index (χ1n) is 16.9. The van der Waals surface area contributed by atoms with Crippen molar-refractivity contribution in [2.24, 2.45) is 0 Å². The van der Waals surface area contributed by atoms with Crippen molar-refractivity contribution < 1.29 is 23.4 Å². The van der Waals surface area contributed by atoms with Gasteiger partial charge in [0.2, 0.25) is 5.95 Å². The van der Waals surface area contributed by atoms with Gasteiger partial charge >= 0.3 is 6.09 Å². The minimum Gasteiger partial charge on any atom is -0.497 e. The monoisotopic (exact) mass is 670 g/mol. The average Bonchev–Trinajstić information content (AvgIpc) is 3.09. The Labute approximate surface area is 288 Å². The van der Waals surface area contributed by atoms with Crippen LogP contribution >= 0.6 is 0 Å². The normalized spacial score (nSPS) is 13.6. The van der Waals surface area contributed by atoms with Gasteiger partial charge in [0.25, 0.3) is 0 Å². The Kier molecular flexibility index (Phi) is 12.4. The largest absolute Gasteiger partial charge is 0.497 e. The summed E-state index contributed by atoms with van der Waals surface area (Å²) >= 11 is 0. The third-order valence-electron chi connectivity index (χ3n) is 8.57. The molecule has 4 aromatic rings. The number of aryl methyl sites for hydroxylation is 3. The number of amides is 1. The highest BCUT2D eigenvalue weighted by Gasteiger charge is 2.22. The lowest BCUT2D eigenvalue weighted by atomic mass is 10.1. The predicted molar refractivity (Wildman–Crippen MR) is 191 cm³/mol. The van der Waals surface area contributed by atoms with E-state index in [4.69, 9.17) is 14.2 Å². The summed E-state index contributed by atoms with van der Waals surface area (Å²) in [6, 6.07) is 18.0.